The van der Waals surface area contributed by atoms with E-state index in [1.165, 1.54) is 33.4 Å². The number of rotatable bonds is 13. The van der Waals surface area contributed by atoms with E-state index < -0.39 is 0 Å². The summed E-state index contributed by atoms with van der Waals surface area (Å²) in [6.45, 7) is 27.7. The lowest BCUT2D eigenvalue weighted by atomic mass is 10.0. The van der Waals surface area contributed by atoms with Crippen molar-refractivity contribution in [1.82, 2.24) is 15.5 Å². The van der Waals surface area contributed by atoms with E-state index in [4.69, 9.17) is 0 Å². The van der Waals surface area contributed by atoms with E-state index in [1.54, 1.807) is 6.20 Å². The summed E-state index contributed by atoms with van der Waals surface area (Å²) >= 11 is 0. The highest BCUT2D eigenvalue weighted by Crippen LogP contribution is 2.19. The lowest BCUT2D eigenvalue weighted by Crippen LogP contribution is -2.10. The van der Waals surface area contributed by atoms with E-state index in [9.17, 15) is 0 Å². The second-order valence-electron chi connectivity index (χ2n) is 11.4. The Morgan fingerprint density at radius 1 is 0.854 bits per heavy atom. The quantitative estimate of drug-likeness (QED) is 0.127. The molecule has 0 spiro atoms. The van der Waals surface area contributed by atoms with Crippen molar-refractivity contribution in [2.75, 3.05) is 40.1 Å². The zero-order valence-corrected chi connectivity index (χ0v) is 31.8. The van der Waals surface area contributed by atoms with Crippen molar-refractivity contribution in [3.63, 3.8) is 0 Å². The standard InChI is InChI=1S/C19H26N2.C18H22N2.C4H9N.C2H6/c1-14(2)19(20-6)13-21-12-15(3)11-17(5)18-10-8-7-9-16(18)4;1-4-15-5-7-16(8-6-15)13-20-14(2)17-9-11-18(19-3)12-10-17;1-4-5(2)3;1-2/h7-11,13,20H,5,12H2,1-4,6H3;5-12,19-20H,2,4,13H2,1,3H3;4H,1H2,2-3H3;1-2H3/b15-11-,21-13?;;;. The molecule has 0 heterocycles. The maximum atomic E-state index is 4.48. The van der Waals surface area contributed by atoms with Crippen LogP contribution in [0.2, 0.25) is 0 Å². The summed E-state index contributed by atoms with van der Waals surface area (Å²) in [5.74, 6) is 0. The molecular formula is C43H63N5. The van der Waals surface area contributed by atoms with Gasteiger partial charge in [0.05, 0.1) is 12.2 Å². The topological polar surface area (TPSA) is 51.7 Å². The Balaban J connectivity index is 0.000000772. The first-order valence-corrected chi connectivity index (χ1v) is 16.8. The van der Waals surface area contributed by atoms with E-state index in [1.807, 2.05) is 65.3 Å². The molecule has 3 rings (SSSR count). The summed E-state index contributed by atoms with van der Waals surface area (Å²) in [7, 11) is 7.71. The highest BCUT2D eigenvalue weighted by atomic mass is 15.0. The fourth-order valence-corrected chi connectivity index (χ4v) is 4.12. The van der Waals surface area contributed by atoms with Crippen molar-refractivity contribution >= 4 is 23.2 Å². The Kier molecular flexibility index (Phi) is 22.8. The van der Waals surface area contributed by atoms with Crippen molar-refractivity contribution in [2.24, 2.45) is 4.99 Å². The van der Waals surface area contributed by atoms with Crippen LogP contribution < -0.4 is 16.0 Å². The SMILES string of the molecule is C=C(/C=C(/C)CN=CC(NC)=C(C)C)c1ccccc1C.C=C(NCc1ccc(CC)cc1)c1ccc(NC)cc1.C=CN(C)C.CC. The molecule has 0 saturated carbocycles. The Hall–Kier alpha value is -4.77. The second kappa shape index (κ2) is 25.3. The molecule has 0 aliphatic rings. The van der Waals surface area contributed by atoms with Gasteiger partial charge in [0.15, 0.2) is 0 Å². The lowest BCUT2D eigenvalue weighted by molar-refractivity contribution is 0.566. The van der Waals surface area contributed by atoms with Crippen LogP contribution in [0, 0.1) is 6.92 Å². The molecule has 0 radical (unpaired) electrons. The average Bonchev–Trinajstić information content (AvgIpc) is 3.10. The van der Waals surface area contributed by atoms with E-state index >= 15 is 0 Å². The molecule has 0 unspecified atom stereocenters. The molecule has 0 aromatic heterocycles. The average molecular weight is 650 g/mol. The van der Waals surface area contributed by atoms with Gasteiger partial charge >= 0.3 is 0 Å². The summed E-state index contributed by atoms with van der Waals surface area (Å²) in [5, 5.41) is 9.63. The number of benzene rings is 3. The lowest BCUT2D eigenvalue weighted by Gasteiger charge is -2.11. The highest BCUT2D eigenvalue weighted by Gasteiger charge is 2.01. The van der Waals surface area contributed by atoms with Crippen molar-refractivity contribution in [3.05, 3.63) is 149 Å². The Morgan fingerprint density at radius 3 is 1.90 bits per heavy atom. The number of hydrogen-bond donors (Lipinski definition) is 3. The summed E-state index contributed by atoms with van der Waals surface area (Å²) < 4.78 is 0. The summed E-state index contributed by atoms with van der Waals surface area (Å²) in [5.41, 5.74) is 12.8. The number of aryl methyl sites for hydroxylation is 2. The molecule has 0 aliphatic heterocycles. The first-order chi connectivity index (χ1) is 22.9. The Bertz CT molecular complexity index is 1450. The zero-order valence-electron chi connectivity index (χ0n) is 31.8. The van der Waals surface area contributed by atoms with E-state index in [-0.39, 0.29) is 0 Å². The van der Waals surface area contributed by atoms with Crippen LogP contribution in [0.15, 0.2) is 127 Å². The zero-order chi connectivity index (χ0) is 36.5. The number of nitrogens with one attached hydrogen (secondary N) is 3. The third-order valence-electron chi connectivity index (χ3n) is 7.11. The van der Waals surface area contributed by atoms with Gasteiger partial charge in [-0.3, -0.25) is 4.99 Å². The van der Waals surface area contributed by atoms with Crippen LogP contribution in [-0.2, 0) is 13.0 Å². The van der Waals surface area contributed by atoms with Gasteiger partial charge in [-0.1, -0.05) is 118 Å². The molecule has 0 aliphatic carbocycles. The number of allylic oxidation sites excluding steroid dienone is 4. The molecule has 3 aromatic carbocycles. The van der Waals surface area contributed by atoms with Crippen molar-refractivity contribution in [1.29, 1.82) is 0 Å². The van der Waals surface area contributed by atoms with Crippen LogP contribution in [0.5, 0.6) is 0 Å². The fraction of sp³-hybridized carbons (Fsp3) is 0.326. The van der Waals surface area contributed by atoms with Crippen molar-refractivity contribution in [2.45, 2.75) is 61.4 Å². The van der Waals surface area contributed by atoms with Gasteiger partial charge in [0.1, 0.15) is 0 Å². The summed E-state index contributed by atoms with van der Waals surface area (Å²) in [4.78, 5) is 6.37. The highest BCUT2D eigenvalue weighted by molar-refractivity contribution is 5.79. The maximum Gasteiger partial charge on any atom is 0.0601 e. The molecule has 0 atom stereocenters. The molecule has 0 bridgehead atoms. The number of anilines is 1. The first kappa shape index (κ1) is 43.2. The maximum absolute atomic E-state index is 4.48. The minimum absolute atomic E-state index is 0.684. The molecule has 0 amide bonds. The molecule has 48 heavy (non-hydrogen) atoms. The molecule has 3 aromatic rings. The van der Waals surface area contributed by atoms with Gasteiger partial charge < -0.3 is 20.9 Å². The largest absolute Gasteiger partial charge is 0.388 e. The minimum Gasteiger partial charge on any atom is -0.388 e. The van der Waals surface area contributed by atoms with Crippen molar-refractivity contribution < 1.29 is 0 Å². The first-order valence-electron chi connectivity index (χ1n) is 16.8. The third kappa shape index (κ3) is 17.8. The molecule has 5 heteroatoms. The summed E-state index contributed by atoms with van der Waals surface area (Å²) in [6, 6.07) is 25.3. The van der Waals surface area contributed by atoms with Gasteiger partial charge in [-0.05, 0) is 85.8 Å². The van der Waals surface area contributed by atoms with E-state index in [2.05, 4.69) is 142 Å². The van der Waals surface area contributed by atoms with Gasteiger partial charge in [0, 0.05) is 52.3 Å². The van der Waals surface area contributed by atoms with Crippen LogP contribution >= 0.6 is 0 Å². The fourth-order valence-electron chi connectivity index (χ4n) is 4.12. The Morgan fingerprint density at radius 2 is 1.42 bits per heavy atom. The van der Waals surface area contributed by atoms with Crippen LogP contribution in [0.25, 0.3) is 11.3 Å². The van der Waals surface area contributed by atoms with Crippen LogP contribution in [0.1, 0.15) is 69.4 Å². The smallest absolute Gasteiger partial charge is 0.0601 e. The van der Waals surface area contributed by atoms with Gasteiger partial charge in [-0.25, -0.2) is 0 Å². The van der Waals surface area contributed by atoms with Gasteiger partial charge in [0.25, 0.3) is 0 Å². The van der Waals surface area contributed by atoms with E-state index in [0.29, 0.717) is 6.54 Å². The predicted molar refractivity (Wildman–Crippen MR) is 218 cm³/mol. The predicted octanol–water partition coefficient (Wildman–Crippen LogP) is 10.3. The second-order valence-corrected chi connectivity index (χ2v) is 11.4. The third-order valence-corrected chi connectivity index (χ3v) is 7.11. The van der Waals surface area contributed by atoms with E-state index in [0.717, 1.165) is 41.2 Å². The van der Waals surface area contributed by atoms with Crippen molar-refractivity contribution in [3.8, 4) is 0 Å². The van der Waals surface area contributed by atoms with Gasteiger partial charge in [-0.15, -0.1) is 0 Å². The summed E-state index contributed by atoms with van der Waals surface area (Å²) in [6.07, 6.45) is 6.84. The molecule has 3 N–H and O–H groups in total. The normalized spacial score (nSPS) is 10.1. The molecule has 0 saturated heterocycles. The Labute approximate surface area is 294 Å². The molecule has 5 nitrogen and oxygen atoms in total. The molecule has 0 fully saturated rings. The monoisotopic (exact) mass is 650 g/mol. The molecule has 260 valence electrons. The van der Waals surface area contributed by atoms with Crippen LogP contribution in [0.3, 0.4) is 0 Å². The molecular weight excluding hydrogens is 587 g/mol. The number of aliphatic imine (C=N–C) groups is 1. The van der Waals surface area contributed by atoms with Gasteiger partial charge in [0.2, 0.25) is 0 Å². The van der Waals surface area contributed by atoms with Gasteiger partial charge in [-0.2, -0.15) is 0 Å². The van der Waals surface area contributed by atoms with Crippen LogP contribution in [-0.4, -0.2) is 45.8 Å². The van der Waals surface area contributed by atoms with Crippen LogP contribution in [0.4, 0.5) is 5.69 Å². The minimum atomic E-state index is 0.684. The number of hydrogen-bond acceptors (Lipinski definition) is 5. The number of nitrogens with zero attached hydrogens (tertiary/aromatic N) is 2.